The summed E-state index contributed by atoms with van der Waals surface area (Å²) in [7, 11) is 0. The lowest BCUT2D eigenvalue weighted by molar-refractivity contribution is -0.115. The highest BCUT2D eigenvalue weighted by Gasteiger charge is 2.13. The predicted octanol–water partition coefficient (Wildman–Crippen LogP) is 3.15. The Morgan fingerprint density at radius 2 is 1.95 bits per heavy atom. The van der Waals surface area contributed by atoms with Gasteiger partial charge in [0, 0.05) is 21.8 Å². The fraction of sp³-hybridized carbons (Fsp3) is 0.133. The molecule has 0 radical (unpaired) electrons. The first-order chi connectivity index (χ1) is 9.61. The molecule has 0 fully saturated rings. The molecule has 5 heteroatoms. The van der Waals surface area contributed by atoms with Crippen molar-refractivity contribution in [2.75, 3.05) is 5.32 Å². The van der Waals surface area contributed by atoms with Crippen LogP contribution in [-0.4, -0.2) is 11.0 Å². The van der Waals surface area contributed by atoms with E-state index < -0.39 is 11.7 Å². The molecule has 1 amide bonds. The molecular weight excluding hydrogens is 281 g/mol. The summed E-state index contributed by atoms with van der Waals surface area (Å²) in [6, 6.07) is 11.2. The first-order valence-corrected chi connectivity index (χ1v) is 6.41. The Hall–Kier alpha value is -1.91. The van der Waals surface area contributed by atoms with E-state index in [4.69, 9.17) is 11.6 Å². The number of carbonyl (C=O) groups excluding carboxylic acids is 1. The van der Waals surface area contributed by atoms with Crippen molar-refractivity contribution in [2.45, 2.75) is 13.0 Å². The van der Waals surface area contributed by atoms with Gasteiger partial charge in [-0.3, -0.25) is 4.79 Å². The number of aliphatic hydroxyl groups excluding tert-OH is 1. The van der Waals surface area contributed by atoms with E-state index in [9.17, 15) is 14.3 Å². The summed E-state index contributed by atoms with van der Waals surface area (Å²) >= 11 is 5.88. The van der Waals surface area contributed by atoms with Gasteiger partial charge in [0.2, 0.25) is 5.91 Å². The van der Waals surface area contributed by atoms with E-state index in [1.54, 1.807) is 24.3 Å². The van der Waals surface area contributed by atoms with Crippen LogP contribution in [0, 0.1) is 5.82 Å². The maximum atomic E-state index is 13.6. The van der Waals surface area contributed by atoms with Gasteiger partial charge in [0.05, 0.1) is 13.0 Å². The largest absolute Gasteiger partial charge is 0.392 e. The van der Waals surface area contributed by atoms with Crippen LogP contribution in [0.25, 0.3) is 0 Å². The van der Waals surface area contributed by atoms with Gasteiger partial charge >= 0.3 is 0 Å². The second-order valence-corrected chi connectivity index (χ2v) is 4.65. The van der Waals surface area contributed by atoms with Crippen LogP contribution in [0.5, 0.6) is 0 Å². The predicted molar refractivity (Wildman–Crippen MR) is 76.1 cm³/mol. The molecule has 0 aliphatic rings. The number of anilines is 1. The van der Waals surface area contributed by atoms with Gasteiger partial charge in [-0.15, -0.1) is 0 Å². The molecule has 0 atom stereocenters. The fourth-order valence-corrected chi connectivity index (χ4v) is 2.07. The molecule has 0 saturated heterocycles. The molecule has 0 unspecified atom stereocenters. The van der Waals surface area contributed by atoms with E-state index in [-0.39, 0.29) is 23.6 Å². The number of nitrogens with one attached hydrogen (secondary N) is 1. The Morgan fingerprint density at radius 1 is 1.20 bits per heavy atom. The van der Waals surface area contributed by atoms with Gasteiger partial charge in [-0.05, 0) is 18.2 Å². The van der Waals surface area contributed by atoms with Crippen LogP contribution < -0.4 is 5.32 Å². The Labute approximate surface area is 121 Å². The fourth-order valence-electron chi connectivity index (χ4n) is 1.84. The minimum atomic E-state index is -0.511. The third kappa shape index (κ3) is 3.35. The molecule has 0 spiro atoms. The van der Waals surface area contributed by atoms with Crippen molar-refractivity contribution >= 4 is 23.2 Å². The Balaban J connectivity index is 2.13. The highest BCUT2D eigenvalue weighted by molar-refractivity contribution is 6.31. The molecule has 0 saturated carbocycles. The lowest BCUT2D eigenvalue weighted by atomic mass is 10.1. The first kappa shape index (κ1) is 14.5. The lowest BCUT2D eigenvalue weighted by Gasteiger charge is -2.10. The van der Waals surface area contributed by atoms with Crippen LogP contribution >= 0.6 is 11.6 Å². The topological polar surface area (TPSA) is 49.3 Å². The van der Waals surface area contributed by atoms with E-state index in [2.05, 4.69) is 5.32 Å². The maximum absolute atomic E-state index is 13.6. The summed E-state index contributed by atoms with van der Waals surface area (Å²) in [5, 5.41) is 12.0. The van der Waals surface area contributed by atoms with Gasteiger partial charge in [-0.25, -0.2) is 4.39 Å². The number of hydrogen-bond acceptors (Lipinski definition) is 2. The summed E-state index contributed by atoms with van der Waals surface area (Å²) in [4.78, 5) is 11.9. The molecule has 104 valence electrons. The van der Waals surface area contributed by atoms with Crippen molar-refractivity contribution in [2.24, 2.45) is 0 Å². The quantitative estimate of drug-likeness (QED) is 0.910. The third-order valence-corrected chi connectivity index (χ3v) is 3.21. The van der Waals surface area contributed by atoms with Crippen LogP contribution in [0.3, 0.4) is 0 Å². The van der Waals surface area contributed by atoms with Crippen molar-refractivity contribution in [3.8, 4) is 0 Å². The van der Waals surface area contributed by atoms with Gasteiger partial charge < -0.3 is 10.4 Å². The molecule has 0 aliphatic heterocycles. The van der Waals surface area contributed by atoms with Gasteiger partial charge in [0.25, 0.3) is 0 Å². The zero-order chi connectivity index (χ0) is 14.5. The highest BCUT2D eigenvalue weighted by Crippen LogP contribution is 2.21. The van der Waals surface area contributed by atoms with Crippen molar-refractivity contribution in [1.82, 2.24) is 0 Å². The molecule has 0 heterocycles. The highest BCUT2D eigenvalue weighted by atomic mass is 35.5. The zero-order valence-electron chi connectivity index (χ0n) is 10.6. The van der Waals surface area contributed by atoms with Crippen LogP contribution in [0.2, 0.25) is 5.02 Å². The SMILES string of the molecule is O=C(Cc1c(F)cccc1Cl)Nc1ccccc1CO. The average molecular weight is 294 g/mol. The molecule has 0 aliphatic carbocycles. The van der Waals surface area contributed by atoms with Gasteiger partial charge in [-0.1, -0.05) is 35.9 Å². The van der Waals surface area contributed by atoms with Gasteiger partial charge in [0.15, 0.2) is 0 Å². The van der Waals surface area contributed by atoms with E-state index in [1.165, 1.54) is 18.2 Å². The van der Waals surface area contributed by atoms with E-state index >= 15 is 0 Å². The van der Waals surface area contributed by atoms with Crippen LogP contribution in [0.4, 0.5) is 10.1 Å². The van der Waals surface area contributed by atoms with E-state index in [0.717, 1.165) is 0 Å². The summed E-state index contributed by atoms with van der Waals surface area (Å²) < 4.78 is 13.6. The van der Waals surface area contributed by atoms with Gasteiger partial charge in [-0.2, -0.15) is 0 Å². The monoisotopic (exact) mass is 293 g/mol. The summed E-state index contributed by atoms with van der Waals surface area (Å²) in [6.45, 7) is -0.184. The molecular formula is C15H13ClFNO2. The Kier molecular flexibility index (Phi) is 4.71. The summed E-state index contributed by atoms with van der Waals surface area (Å²) in [6.07, 6.45) is -0.161. The smallest absolute Gasteiger partial charge is 0.228 e. The van der Waals surface area contributed by atoms with Crippen molar-refractivity contribution < 1.29 is 14.3 Å². The number of aliphatic hydroxyl groups is 1. The molecule has 0 aromatic heterocycles. The average Bonchev–Trinajstić information content (AvgIpc) is 2.44. The normalized spacial score (nSPS) is 10.3. The first-order valence-electron chi connectivity index (χ1n) is 6.03. The third-order valence-electron chi connectivity index (χ3n) is 2.86. The minimum Gasteiger partial charge on any atom is -0.392 e. The molecule has 20 heavy (non-hydrogen) atoms. The number of amides is 1. The summed E-state index contributed by atoms with van der Waals surface area (Å²) in [5.41, 5.74) is 1.26. The number of hydrogen-bond donors (Lipinski definition) is 2. The van der Waals surface area contributed by atoms with E-state index in [0.29, 0.717) is 11.3 Å². The standard InChI is InChI=1S/C15H13ClFNO2/c16-12-5-3-6-13(17)11(12)8-15(20)18-14-7-2-1-4-10(14)9-19/h1-7,19H,8-9H2,(H,18,20). The van der Waals surface area contributed by atoms with Crippen molar-refractivity contribution in [3.05, 3.63) is 64.4 Å². The molecule has 2 aromatic carbocycles. The van der Waals surface area contributed by atoms with Crippen LogP contribution in [0.1, 0.15) is 11.1 Å². The van der Waals surface area contributed by atoms with Gasteiger partial charge in [0.1, 0.15) is 5.82 Å². The molecule has 0 bridgehead atoms. The number of rotatable bonds is 4. The van der Waals surface area contributed by atoms with E-state index in [1.807, 2.05) is 0 Å². The second kappa shape index (κ2) is 6.50. The molecule has 3 nitrogen and oxygen atoms in total. The summed E-state index contributed by atoms with van der Waals surface area (Å²) in [5.74, 6) is -0.902. The number of carbonyl (C=O) groups is 1. The number of para-hydroxylation sites is 1. The maximum Gasteiger partial charge on any atom is 0.228 e. The molecule has 2 N–H and O–H groups in total. The zero-order valence-corrected chi connectivity index (χ0v) is 11.3. The lowest BCUT2D eigenvalue weighted by Crippen LogP contribution is -2.16. The Morgan fingerprint density at radius 3 is 2.65 bits per heavy atom. The number of halogens is 2. The van der Waals surface area contributed by atoms with Crippen LogP contribution in [-0.2, 0) is 17.8 Å². The van der Waals surface area contributed by atoms with Crippen molar-refractivity contribution in [3.63, 3.8) is 0 Å². The van der Waals surface area contributed by atoms with Crippen molar-refractivity contribution in [1.29, 1.82) is 0 Å². The molecule has 2 aromatic rings. The molecule has 2 rings (SSSR count). The minimum absolute atomic E-state index is 0.160. The Bertz CT molecular complexity index is 611. The second-order valence-electron chi connectivity index (χ2n) is 4.24. The number of benzene rings is 2. The van der Waals surface area contributed by atoms with Crippen LogP contribution in [0.15, 0.2) is 42.5 Å².